The molecule has 0 aliphatic heterocycles. The molecule has 3 aromatic rings. The SMILES string of the molecule is NCCCOCCOCCOCCCNC(=O)CCSC(c1ccccc1)(c1ccccc1)c1ccccc1. The first-order valence-corrected chi connectivity index (χ1v) is 14.8. The van der Waals surface area contributed by atoms with Gasteiger partial charge in [-0.05, 0) is 36.1 Å². The van der Waals surface area contributed by atoms with Crippen LogP contribution < -0.4 is 11.1 Å². The number of ether oxygens (including phenoxy) is 3. The van der Waals surface area contributed by atoms with E-state index in [1.54, 1.807) is 11.8 Å². The van der Waals surface area contributed by atoms with Crippen molar-refractivity contribution in [3.63, 3.8) is 0 Å². The van der Waals surface area contributed by atoms with Gasteiger partial charge in [0.15, 0.2) is 0 Å². The van der Waals surface area contributed by atoms with E-state index in [-0.39, 0.29) is 5.91 Å². The molecular weight excluding hydrogens is 508 g/mol. The maximum absolute atomic E-state index is 12.6. The Balaban J connectivity index is 1.42. The lowest BCUT2D eigenvalue weighted by Gasteiger charge is -2.35. The van der Waals surface area contributed by atoms with Crippen LogP contribution in [-0.2, 0) is 23.8 Å². The summed E-state index contributed by atoms with van der Waals surface area (Å²) >= 11 is 1.80. The van der Waals surface area contributed by atoms with E-state index in [0.717, 1.165) is 12.8 Å². The first kappa shape index (κ1) is 30.9. The highest BCUT2D eigenvalue weighted by molar-refractivity contribution is 8.00. The molecule has 0 saturated heterocycles. The fourth-order valence-electron chi connectivity index (χ4n) is 4.28. The van der Waals surface area contributed by atoms with Crippen molar-refractivity contribution in [1.82, 2.24) is 5.32 Å². The standard InChI is InChI=1S/C32H42N2O4S/c33-19-10-21-36-23-25-38-26-24-37-22-11-20-34-31(35)18-27-39-32(28-12-4-1-5-13-28,29-14-6-2-7-15-29)30-16-8-3-9-17-30/h1-9,12-17H,10-11,18-27,33H2,(H,34,35). The molecule has 3 N–H and O–H groups in total. The first-order valence-electron chi connectivity index (χ1n) is 13.8. The minimum absolute atomic E-state index is 0.0588. The van der Waals surface area contributed by atoms with Gasteiger partial charge < -0.3 is 25.3 Å². The normalized spacial score (nSPS) is 11.4. The maximum Gasteiger partial charge on any atom is 0.220 e. The second-order valence-corrected chi connectivity index (χ2v) is 10.4. The van der Waals surface area contributed by atoms with Crippen LogP contribution in [0.1, 0.15) is 36.0 Å². The number of rotatable bonds is 20. The predicted molar refractivity (Wildman–Crippen MR) is 160 cm³/mol. The summed E-state index contributed by atoms with van der Waals surface area (Å²) < 4.78 is 16.0. The average Bonchev–Trinajstić information content (AvgIpc) is 2.99. The van der Waals surface area contributed by atoms with Crippen LogP contribution in [0.3, 0.4) is 0 Å². The van der Waals surface area contributed by atoms with Crippen LogP contribution in [0.15, 0.2) is 91.0 Å². The van der Waals surface area contributed by atoms with E-state index in [1.165, 1.54) is 16.7 Å². The zero-order valence-electron chi connectivity index (χ0n) is 22.8. The molecule has 0 radical (unpaired) electrons. The van der Waals surface area contributed by atoms with Crippen LogP contribution in [-0.4, -0.2) is 64.4 Å². The second kappa shape index (κ2) is 18.6. The Labute approximate surface area is 237 Å². The quantitative estimate of drug-likeness (QED) is 0.152. The third kappa shape index (κ3) is 10.4. The molecule has 0 unspecified atom stereocenters. The largest absolute Gasteiger partial charge is 0.379 e. The van der Waals surface area contributed by atoms with Gasteiger partial charge in [0.2, 0.25) is 5.91 Å². The summed E-state index contributed by atoms with van der Waals surface area (Å²) in [7, 11) is 0. The van der Waals surface area contributed by atoms with Crippen LogP contribution in [0.2, 0.25) is 0 Å². The van der Waals surface area contributed by atoms with Gasteiger partial charge in [0.25, 0.3) is 0 Å². The molecule has 0 spiro atoms. The summed E-state index contributed by atoms with van der Waals surface area (Å²) in [4.78, 5) is 12.6. The van der Waals surface area contributed by atoms with Gasteiger partial charge in [-0.2, -0.15) is 0 Å². The molecule has 7 heteroatoms. The Kier molecular flexibility index (Phi) is 14.7. The van der Waals surface area contributed by atoms with Gasteiger partial charge in [0, 0.05) is 31.9 Å². The average molecular weight is 551 g/mol. The molecule has 210 valence electrons. The topological polar surface area (TPSA) is 82.8 Å². The molecule has 0 aliphatic carbocycles. The zero-order valence-corrected chi connectivity index (χ0v) is 23.6. The molecule has 3 rings (SSSR count). The van der Waals surface area contributed by atoms with Crippen LogP contribution in [0.5, 0.6) is 0 Å². The third-order valence-electron chi connectivity index (χ3n) is 6.21. The fourth-order valence-corrected chi connectivity index (χ4v) is 5.79. The monoisotopic (exact) mass is 550 g/mol. The zero-order chi connectivity index (χ0) is 27.4. The van der Waals surface area contributed by atoms with Crippen molar-refractivity contribution in [2.75, 3.05) is 58.5 Å². The molecule has 0 fully saturated rings. The number of amides is 1. The third-order valence-corrected chi connectivity index (χ3v) is 7.76. The van der Waals surface area contributed by atoms with Gasteiger partial charge >= 0.3 is 0 Å². The minimum Gasteiger partial charge on any atom is -0.379 e. The summed E-state index contributed by atoms with van der Waals surface area (Å²) in [5.74, 6) is 0.748. The Hall–Kier alpha value is -2.68. The van der Waals surface area contributed by atoms with E-state index in [9.17, 15) is 4.79 Å². The number of nitrogens with one attached hydrogen (secondary N) is 1. The highest BCUT2D eigenvalue weighted by Gasteiger charge is 2.36. The van der Waals surface area contributed by atoms with Gasteiger partial charge in [-0.15, -0.1) is 11.8 Å². The van der Waals surface area contributed by atoms with E-state index >= 15 is 0 Å². The summed E-state index contributed by atoms with van der Waals surface area (Å²) in [6.07, 6.45) is 2.08. The fraction of sp³-hybridized carbons (Fsp3) is 0.406. The molecular formula is C32H42N2O4S. The van der Waals surface area contributed by atoms with Crippen molar-refractivity contribution in [1.29, 1.82) is 0 Å². The Morgan fingerprint density at radius 3 is 1.56 bits per heavy atom. The Morgan fingerprint density at radius 2 is 1.10 bits per heavy atom. The number of hydrogen-bond acceptors (Lipinski definition) is 6. The van der Waals surface area contributed by atoms with Gasteiger partial charge in [0.05, 0.1) is 31.2 Å². The number of nitrogens with two attached hydrogens (primary N) is 1. The van der Waals surface area contributed by atoms with E-state index in [0.29, 0.717) is 64.9 Å². The molecule has 0 saturated carbocycles. The lowest BCUT2D eigenvalue weighted by atomic mass is 9.84. The van der Waals surface area contributed by atoms with E-state index in [4.69, 9.17) is 19.9 Å². The molecule has 1 amide bonds. The van der Waals surface area contributed by atoms with Crippen molar-refractivity contribution >= 4 is 17.7 Å². The molecule has 0 aromatic heterocycles. The maximum atomic E-state index is 12.6. The number of benzene rings is 3. The van der Waals surface area contributed by atoms with Crippen molar-refractivity contribution in [2.24, 2.45) is 5.73 Å². The van der Waals surface area contributed by atoms with Gasteiger partial charge in [-0.1, -0.05) is 91.0 Å². The molecule has 3 aromatic carbocycles. The number of carbonyl (C=O) groups excluding carboxylic acids is 1. The molecule has 6 nitrogen and oxygen atoms in total. The van der Waals surface area contributed by atoms with Crippen LogP contribution in [0.4, 0.5) is 0 Å². The van der Waals surface area contributed by atoms with Crippen LogP contribution >= 0.6 is 11.8 Å². The molecule has 0 bridgehead atoms. The summed E-state index contributed by atoms with van der Waals surface area (Å²) in [5, 5.41) is 3.03. The predicted octanol–water partition coefficient (Wildman–Crippen LogP) is 5.01. The van der Waals surface area contributed by atoms with Gasteiger partial charge in [0.1, 0.15) is 0 Å². The van der Waals surface area contributed by atoms with Crippen molar-refractivity contribution < 1.29 is 19.0 Å². The summed E-state index contributed by atoms with van der Waals surface area (Å²) in [6.45, 7) is 4.71. The van der Waals surface area contributed by atoms with Gasteiger partial charge in [-0.3, -0.25) is 4.79 Å². The van der Waals surface area contributed by atoms with E-state index in [2.05, 4.69) is 78.1 Å². The summed E-state index contributed by atoms with van der Waals surface area (Å²) in [6, 6.07) is 31.7. The van der Waals surface area contributed by atoms with Crippen LogP contribution in [0, 0.1) is 0 Å². The first-order chi connectivity index (χ1) is 19.3. The number of thioether (sulfide) groups is 1. The lowest BCUT2D eigenvalue weighted by Crippen LogP contribution is -2.28. The molecule has 39 heavy (non-hydrogen) atoms. The molecule has 0 aliphatic rings. The number of hydrogen-bond donors (Lipinski definition) is 2. The van der Waals surface area contributed by atoms with E-state index in [1.807, 2.05) is 18.2 Å². The van der Waals surface area contributed by atoms with Crippen LogP contribution in [0.25, 0.3) is 0 Å². The van der Waals surface area contributed by atoms with Crippen molar-refractivity contribution in [3.05, 3.63) is 108 Å². The number of carbonyl (C=O) groups is 1. The Morgan fingerprint density at radius 1 is 0.667 bits per heavy atom. The van der Waals surface area contributed by atoms with Gasteiger partial charge in [-0.25, -0.2) is 0 Å². The smallest absolute Gasteiger partial charge is 0.220 e. The second-order valence-electron chi connectivity index (χ2n) is 9.06. The Bertz CT molecular complexity index is 941. The minimum atomic E-state index is -0.406. The van der Waals surface area contributed by atoms with E-state index < -0.39 is 4.75 Å². The lowest BCUT2D eigenvalue weighted by molar-refractivity contribution is -0.120. The van der Waals surface area contributed by atoms with Crippen molar-refractivity contribution in [3.8, 4) is 0 Å². The highest BCUT2D eigenvalue weighted by Crippen LogP contribution is 2.48. The molecule has 0 heterocycles. The van der Waals surface area contributed by atoms with Crippen molar-refractivity contribution in [2.45, 2.75) is 24.0 Å². The summed E-state index contributed by atoms with van der Waals surface area (Å²) in [5.41, 5.74) is 9.03. The molecule has 0 atom stereocenters. The highest BCUT2D eigenvalue weighted by atomic mass is 32.2.